The molecule has 0 heterocycles. The highest BCUT2D eigenvalue weighted by molar-refractivity contribution is 5.33. The first kappa shape index (κ1) is 9.41. The van der Waals surface area contributed by atoms with Crippen LogP contribution in [0.25, 0.3) is 0 Å². The minimum absolute atomic E-state index is 0.347. The Morgan fingerprint density at radius 1 is 1.20 bits per heavy atom. The van der Waals surface area contributed by atoms with Crippen molar-refractivity contribution >= 4 is 0 Å². The third-order valence-electron chi connectivity index (χ3n) is 3.95. The van der Waals surface area contributed by atoms with Gasteiger partial charge in [-0.15, -0.1) is 0 Å². The molecule has 0 aromatic heterocycles. The molecule has 1 aromatic carbocycles. The molecular weight excluding hydrogens is 184 g/mol. The van der Waals surface area contributed by atoms with Crippen molar-refractivity contribution in [2.45, 2.75) is 50.0 Å². The molecule has 2 aliphatic carbocycles. The van der Waals surface area contributed by atoms with Crippen LogP contribution in [0, 0.1) is 0 Å². The lowest BCUT2D eigenvalue weighted by Crippen LogP contribution is -2.16. The van der Waals surface area contributed by atoms with Crippen LogP contribution in [0.15, 0.2) is 24.3 Å². The zero-order chi connectivity index (χ0) is 10.3. The minimum atomic E-state index is -0.347. The molecule has 2 fully saturated rings. The van der Waals surface area contributed by atoms with Crippen LogP contribution >= 0.6 is 0 Å². The summed E-state index contributed by atoms with van der Waals surface area (Å²) in [5.74, 6) is 0.781. The fourth-order valence-electron chi connectivity index (χ4n) is 2.49. The molecule has 0 spiro atoms. The van der Waals surface area contributed by atoms with Gasteiger partial charge in [-0.25, -0.2) is 0 Å². The quantitative estimate of drug-likeness (QED) is 0.798. The molecule has 0 unspecified atom stereocenters. The highest BCUT2D eigenvalue weighted by Crippen LogP contribution is 2.42. The third-order valence-corrected chi connectivity index (χ3v) is 3.95. The van der Waals surface area contributed by atoms with Crippen LogP contribution in [0.5, 0.6) is 0 Å². The Hall–Kier alpha value is -0.820. The van der Waals surface area contributed by atoms with Gasteiger partial charge in [-0.1, -0.05) is 30.7 Å². The smallest absolute Gasteiger partial charge is 0.0690 e. The van der Waals surface area contributed by atoms with Crippen molar-refractivity contribution in [3.05, 3.63) is 35.4 Å². The van der Waals surface area contributed by atoms with Crippen molar-refractivity contribution in [2.24, 2.45) is 0 Å². The lowest BCUT2D eigenvalue weighted by atomic mass is 9.77. The number of rotatable bonds is 3. The molecule has 2 aliphatic rings. The summed E-state index contributed by atoms with van der Waals surface area (Å²) in [7, 11) is 0. The fraction of sp³-hybridized carbons (Fsp3) is 0.571. The van der Waals surface area contributed by atoms with E-state index in [1.54, 1.807) is 0 Å². The first-order chi connectivity index (χ1) is 7.27. The van der Waals surface area contributed by atoms with E-state index in [0.29, 0.717) is 0 Å². The summed E-state index contributed by atoms with van der Waals surface area (Å²) >= 11 is 0. The maximum Gasteiger partial charge on any atom is 0.0690 e. The van der Waals surface area contributed by atoms with Crippen molar-refractivity contribution in [2.75, 3.05) is 0 Å². The van der Waals surface area contributed by atoms with Gasteiger partial charge in [-0.3, -0.25) is 0 Å². The van der Waals surface area contributed by atoms with Gasteiger partial charge in [-0.05, 0) is 42.7 Å². The average Bonchev–Trinajstić information content (AvgIpc) is 2.84. The summed E-state index contributed by atoms with van der Waals surface area (Å²) in [6.45, 7) is 0. The largest absolute Gasteiger partial charge is 0.390 e. The van der Waals surface area contributed by atoms with Crippen molar-refractivity contribution in [1.29, 1.82) is 0 Å². The first-order valence-corrected chi connectivity index (χ1v) is 6.07. The highest BCUT2D eigenvalue weighted by atomic mass is 16.3. The summed E-state index contributed by atoms with van der Waals surface area (Å²) in [4.78, 5) is 0. The van der Waals surface area contributed by atoms with Gasteiger partial charge in [0.2, 0.25) is 0 Å². The van der Waals surface area contributed by atoms with E-state index in [2.05, 4.69) is 24.3 Å². The Morgan fingerprint density at radius 2 is 1.93 bits per heavy atom. The van der Waals surface area contributed by atoms with Gasteiger partial charge in [0, 0.05) is 6.42 Å². The van der Waals surface area contributed by atoms with E-state index < -0.39 is 0 Å². The second-order valence-corrected chi connectivity index (χ2v) is 5.23. The number of hydrogen-bond acceptors (Lipinski definition) is 1. The second-order valence-electron chi connectivity index (χ2n) is 5.23. The maximum absolute atomic E-state index is 9.98. The molecule has 80 valence electrons. The van der Waals surface area contributed by atoms with E-state index in [1.165, 1.54) is 30.4 Å². The van der Waals surface area contributed by atoms with Gasteiger partial charge in [0.05, 0.1) is 5.60 Å². The molecule has 2 saturated carbocycles. The van der Waals surface area contributed by atoms with Gasteiger partial charge in [0.15, 0.2) is 0 Å². The number of benzene rings is 1. The first-order valence-electron chi connectivity index (χ1n) is 6.07. The third kappa shape index (κ3) is 1.81. The summed E-state index contributed by atoms with van der Waals surface area (Å²) < 4.78 is 0. The monoisotopic (exact) mass is 202 g/mol. The maximum atomic E-state index is 9.98. The van der Waals surface area contributed by atoms with E-state index in [4.69, 9.17) is 0 Å². The number of hydrogen-bond donors (Lipinski definition) is 1. The molecule has 0 atom stereocenters. The SMILES string of the molecule is OC1(Cc2ccccc2C2CCC2)CC1. The summed E-state index contributed by atoms with van der Waals surface area (Å²) in [6.07, 6.45) is 6.92. The predicted molar refractivity (Wildman–Crippen MR) is 60.9 cm³/mol. The Bertz CT molecular complexity index is 361. The normalized spacial score (nSPS) is 23.5. The molecule has 0 radical (unpaired) electrons. The van der Waals surface area contributed by atoms with E-state index in [1.807, 2.05) is 0 Å². The standard InChI is InChI=1S/C14H18O/c15-14(8-9-14)10-12-4-1-2-7-13(12)11-5-3-6-11/h1-2,4,7,11,15H,3,5-6,8-10H2. The van der Waals surface area contributed by atoms with Crippen molar-refractivity contribution in [1.82, 2.24) is 0 Å². The van der Waals surface area contributed by atoms with Crippen molar-refractivity contribution < 1.29 is 5.11 Å². The molecule has 1 heteroatoms. The van der Waals surface area contributed by atoms with Gasteiger partial charge in [0.1, 0.15) is 0 Å². The molecule has 0 amide bonds. The number of aliphatic hydroxyl groups is 1. The van der Waals surface area contributed by atoms with Gasteiger partial charge >= 0.3 is 0 Å². The Morgan fingerprint density at radius 3 is 2.53 bits per heavy atom. The Labute approximate surface area is 91.1 Å². The fourth-order valence-corrected chi connectivity index (χ4v) is 2.49. The summed E-state index contributed by atoms with van der Waals surface area (Å²) in [6, 6.07) is 8.69. The zero-order valence-corrected chi connectivity index (χ0v) is 9.08. The Kier molecular flexibility index (Phi) is 2.10. The molecule has 0 saturated heterocycles. The van der Waals surface area contributed by atoms with Crippen molar-refractivity contribution in [3.8, 4) is 0 Å². The van der Waals surface area contributed by atoms with Crippen LogP contribution in [-0.4, -0.2) is 10.7 Å². The van der Waals surface area contributed by atoms with E-state index in [-0.39, 0.29) is 5.60 Å². The summed E-state index contributed by atoms with van der Waals surface area (Å²) in [5, 5.41) is 9.98. The molecule has 1 aromatic rings. The summed E-state index contributed by atoms with van der Waals surface area (Å²) in [5.41, 5.74) is 2.55. The molecule has 1 N–H and O–H groups in total. The zero-order valence-electron chi connectivity index (χ0n) is 9.08. The Balaban J connectivity index is 1.85. The average molecular weight is 202 g/mol. The van der Waals surface area contributed by atoms with Crippen LogP contribution < -0.4 is 0 Å². The van der Waals surface area contributed by atoms with E-state index in [0.717, 1.165) is 25.2 Å². The van der Waals surface area contributed by atoms with Crippen LogP contribution in [0.4, 0.5) is 0 Å². The molecule has 0 aliphatic heterocycles. The minimum Gasteiger partial charge on any atom is -0.390 e. The lowest BCUT2D eigenvalue weighted by molar-refractivity contribution is 0.150. The van der Waals surface area contributed by atoms with Crippen LogP contribution in [0.3, 0.4) is 0 Å². The predicted octanol–water partition coefficient (Wildman–Crippen LogP) is 3.02. The van der Waals surface area contributed by atoms with E-state index in [9.17, 15) is 5.11 Å². The van der Waals surface area contributed by atoms with Gasteiger partial charge < -0.3 is 5.11 Å². The second kappa shape index (κ2) is 3.34. The molecule has 15 heavy (non-hydrogen) atoms. The molecule has 0 bridgehead atoms. The molecule has 3 rings (SSSR count). The van der Waals surface area contributed by atoms with Crippen LogP contribution in [-0.2, 0) is 6.42 Å². The van der Waals surface area contributed by atoms with Gasteiger partial charge in [0.25, 0.3) is 0 Å². The molecule has 1 nitrogen and oxygen atoms in total. The highest BCUT2D eigenvalue weighted by Gasteiger charge is 2.40. The van der Waals surface area contributed by atoms with Crippen LogP contribution in [0.1, 0.15) is 49.1 Å². The van der Waals surface area contributed by atoms with E-state index >= 15 is 0 Å². The van der Waals surface area contributed by atoms with Gasteiger partial charge in [-0.2, -0.15) is 0 Å². The molecular formula is C14H18O. The van der Waals surface area contributed by atoms with Crippen LogP contribution in [0.2, 0.25) is 0 Å². The topological polar surface area (TPSA) is 20.2 Å². The lowest BCUT2D eigenvalue weighted by Gasteiger charge is -2.28. The van der Waals surface area contributed by atoms with Crippen molar-refractivity contribution in [3.63, 3.8) is 0 Å².